The van der Waals surface area contributed by atoms with Gasteiger partial charge in [-0.25, -0.2) is 0 Å². The molecule has 0 radical (unpaired) electrons. The Morgan fingerprint density at radius 2 is 0.792 bits per heavy atom. The SMILES string of the molecule is C1=CC([P+](C2CCCCC2)(C2CCCCC2)C2CCCCC2)C=C1. The lowest BCUT2D eigenvalue weighted by atomic mass is 9.99. The van der Waals surface area contributed by atoms with Gasteiger partial charge in [-0.3, -0.25) is 0 Å². The summed E-state index contributed by atoms with van der Waals surface area (Å²) in [4.78, 5) is 0. The Balaban J connectivity index is 1.73. The van der Waals surface area contributed by atoms with Gasteiger partial charge in [0, 0.05) is 7.26 Å². The summed E-state index contributed by atoms with van der Waals surface area (Å²) < 4.78 is 0. The van der Waals surface area contributed by atoms with Gasteiger partial charge in [0.1, 0.15) is 5.66 Å². The van der Waals surface area contributed by atoms with E-state index in [1.54, 1.807) is 38.5 Å². The Kier molecular flexibility index (Phi) is 5.83. The summed E-state index contributed by atoms with van der Waals surface area (Å²) >= 11 is 0. The van der Waals surface area contributed by atoms with Gasteiger partial charge < -0.3 is 0 Å². The predicted octanol–water partition coefficient (Wildman–Crippen LogP) is 7.50. The molecule has 1 heteroatoms. The first-order valence-electron chi connectivity index (χ1n) is 11.1. The van der Waals surface area contributed by atoms with Crippen LogP contribution in [0.5, 0.6) is 0 Å². The summed E-state index contributed by atoms with van der Waals surface area (Å²) in [5.41, 5.74) is 4.23. The van der Waals surface area contributed by atoms with E-state index in [4.69, 9.17) is 0 Å². The Labute approximate surface area is 150 Å². The van der Waals surface area contributed by atoms with E-state index in [0.29, 0.717) is 0 Å². The normalized spacial score (nSPS) is 28.7. The van der Waals surface area contributed by atoms with Crippen molar-refractivity contribution in [1.82, 2.24) is 0 Å². The molecule has 0 aliphatic heterocycles. The van der Waals surface area contributed by atoms with Crippen LogP contribution in [0.25, 0.3) is 0 Å². The van der Waals surface area contributed by atoms with Crippen LogP contribution in [-0.4, -0.2) is 22.6 Å². The summed E-state index contributed by atoms with van der Waals surface area (Å²) in [7, 11) is -0.944. The molecule has 3 saturated carbocycles. The van der Waals surface area contributed by atoms with E-state index in [1.165, 1.54) is 57.8 Å². The molecule has 0 amide bonds. The van der Waals surface area contributed by atoms with Gasteiger partial charge in [-0.05, 0) is 89.2 Å². The maximum absolute atomic E-state index is 2.66. The fourth-order valence-electron chi connectivity index (χ4n) is 6.93. The minimum atomic E-state index is -0.944. The zero-order valence-corrected chi connectivity index (χ0v) is 16.6. The maximum Gasteiger partial charge on any atom is 0.107 e. The highest BCUT2D eigenvalue weighted by atomic mass is 31.2. The number of rotatable bonds is 4. The molecule has 0 saturated heterocycles. The van der Waals surface area contributed by atoms with E-state index in [-0.39, 0.29) is 0 Å². The molecule has 3 fully saturated rings. The smallest absolute Gasteiger partial charge is 0.0622 e. The first-order valence-corrected chi connectivity index (χ1v) is 13.2. The molecule has 0 unspecified atom stereocenters. The van der Waals surface area contributed by atoms with Gasteiger partial charge in [-0.2, -0.15) is 0 Å². The second-order valence-corrected chi connectivity index (χ2v) is 13.6. The summed E-state index contributed by atoms with van der Waals surface area (Å²) in [6, 6.07) is 0. The first-order chi connectivity index (χ1) is 11.9. The molecule has 0 bridgehead atoms. The average Bonchev–Trinajstić information content (AvgIpc) is 3.20. The topological polar surface area (TPSA) is 0 Å². The van der Waals surface area contributed by atoms with Crippen molar-refractivity contribution >= 4 is 7.26 Å². The molecule has 24 heavy (non-hydrogen) atoms. The summed E-state index contributed by atoms with van der Waals surface area (Å²) in [6.07, 6.45) is 33.4. The van der Waals surface area contributed by atoms with E-state index in [1.807, 2.05) is 0 Å². The molecule has 134 valence electrons. The molecule has 4 rings (SSSR count). The van der Waals surface area contributed by atoms with Crippen LogP contribution in [0, 0.1) is 0 Å². The van der Waals surface area contributed by atoms with Crippen LogP contribution in [0.2, 0.25) is 0 Å². The van der Waals surface area contributed by atoms with E-state index in [0.717, 1.165) is 22.6 Å². The highest BCUT2D eigenvalue weighted by Gasteiger charge is 2.60. The molecule has 0 heterocycles. The van der Waals surface area contributed by atoms with Crippen LogP contribution in [0.3, 0.4) is 0 Å². The second-order valence-electron chi connectivity index (χ2n) is 9.03. The molecule has 0 aromatic rings. The molecule has 4 aliphatic carbocycles. The molecule has 0 atom stereocenters. The van der Waals surface area contributed by atoms with Gasteiger partial charge >= 0.3 is 0 Å². The standard InChI is InChI=1S/C23H38P/c1-4-12-20(13-5-1)24(23-18-10-11-19-23,21-14-6-2-7-15-21)22-16-8-3-9-17-22/h10-11,18-23H,1-9,12-17H2/q+1. The van der Waals surface area contributed by atoms with Gasteiger partial charge in [-0.15, -0.1) is 0 Å². The summed E-state index contributed by atoms with van der Waals surface area (Å²) in [5.74, 6) is 0. The fourth-order valence-corrected chi connectivity index (χ4v) is 14.8. The van der Waals surface area contributed by atoms with Crippen molar-refractivity contribution in [2.24, 2.45) is 0 Å². The number of hydrogen-bond acceptors (Lipinski definition) is 0. The molecule has 4 aliphatic rings. The molecule has 0 spiro atoms. The molecular formula is C23H38P+. The van der Waals surface area contributed by atoms with E-state index < -0.39 is 7.26 Å². The van der Waals surface area contributed by atoms with Gasteiger partial charge in [0.25, 0.3) is 0 Å². The largest absolute Gasteiger partial charge is 0.107 e. The van der Waals surface area contributed by atoms with Crippen LogP contribution in [0.1, 0.15) is 96.3 Å². The van der Waals surface area contributed by atoms with Crippen LogP contribution in [0.4, 0.5) is 0 Å². The van der Waals surface area contributed by atoms with E-state index >= 15 is 0 Å². The average molecular weight is 346 g/mol. The van der Waals surface area contributed by atoms with Crippen molar-refractivity contribution in [2.45, 2.75) is 119 Å². The maximum atomic E-state index is 2.66. The van der Waals surface area contributed by atoms with Crippen molar-refractivity contribution in [3.63, 3.8) is 0 Å². The van der Waals surface area contributed by atoms with Crippen molar-refractivity contribution in [3.05, 3.63) is 24.3 Å². The zero-order chi connectivity index (χ0) is 16.2. The highest BCUT2D eigenvalue weighted by molar-refractivity contribution is 7.78. The summed E-state index contributed by atoms with van der Waals surface area (Å²) in [5, 5.41) is 0. The van der Waals surface area contributed by atoms with Crippen LogP contribution < -0.4 is 0 Å². The minimum absolute atomic E-state index is 0.867. The van der Waals surface area contributed by atoms with Crippen molar-refractivity contribution in [3.8, 4) is 0 Å². The lowest BCUT2D eigenvalue weighted by Gasteiger charge is -2.51. The predicted molar refractivity (Wildman–Crippen MR) is 110 cm³/mol. The van der Waals surface area contributed by atoms with Crippen molar-refractivity contribution in [2.75, 3.05) is 0 Å². The third-order valence-electron chi connectivity index (χ3n) is 7.87. The zero-order valence-electron chi connectivity index (χ0n) is 15.7. The second kappa shape index (κ2) is 8.07. The molecule has 0 N–H and O–H groups in total. The molecule has 0 nitrogen and oxygen atoms in total. The van der Waals surface area contributed by atoms with Crippen LogP contribution in [-0.2, 0) is 0 Å². The minimum Gasteiger partial charge on any atom is -0.0622 e. The van der Waals surface area contributed by atoms with Gasteiger partial charge in [0.2, 0.25) is 0 Å². The van der Waals surface area contributed by atoms with Crippen LogP contribution >= 0.6 is 7.26 Å². The number of allylic oxidation sites excluding steroid dienone is 4. The molecular weight excluding hydrogens is 307 g/mol. The first kappa shape index (κ1) is 17.3. The van der Waals surface area contributed by atoms with Gasteiger partial charge in [0.05, 0.1) is 17.0 Å². The van der Waals surface area contributed by atoms with E-state index in [9.17, 15) is 0 Å². The highest BCUT2D eigenvalue weighted by Crippen LogP contribution is 2.80. The van der Waals surface area contributed by atoms with Gasteiger partial charge in [-0.1, -0.05) is 31.4 Å². The van der Waals surface area contributed by atoms with Crippen molar-refractivity contribution < 1.29 is 0 Å². The van der Waals surface area contributed by atoms with E-state index in [2.05, 4.69) is 24.3 Å². The molecule has 0 aromatic heterocycles. The lowest BCUT2D eigenvalue weighted by Crippen LogP contribution is -2.40. The number of hydrogen-bond donors (Lipinski definition) is 0. The molecule has 0 aromatic carbocycles. The quantitative estimate of drug-likeness (QED) is 0.463. The Morgan fingerprint density at radius 3 is 1.12 bits per heavy atom. The lowest BCUT2D eigenvalue weighted by molar-refractivity contribution is 0.449. The Morgan fingerprint density at radius 1 is 0.458 bits per heavy atom. The monoisotopic (exact) mass is 345 g/mol. The Hall–Kier alpha value is -0.0900. The fraction of sp³-hybridized carbons (Fsp3) is 0.826. The third kappa shape index (κ3) is 3.18. The Bertz CT molecular complexity index is 387. The summed E-state index contributed by atoms with van der Waals surface area (Å²) in [6.45, 7) is 0. The third-order valence-corrected chi connectivity index (χ3v) is 14.6. The van der Waals surface area contributed by atoms with Crippen molar-refractivity contribution in [1.29, 1.82) is 0 Å². The van der Waals surface area contributed by atoms with Crippen LogP contribution in [0.15, 0.2) is 24.3 Å². The van der Waals surface area contributed by atoms with Gasteiger partial charge in [0.15, 0.2) is 0 Å².